The quantitative estimate of drug-likeness (QED) is 0.807. The van der Waals surface area contributed by atoms with E-state index in [0.717, 1.165) is 25.3 Å². The molecular formula is C15H26N2O. The molecule has 0 radical (unpaired) electrons. The van der Waals surface area contributed by atoms with Gasteiger partial charge in [-0.25, -0.2) is 0 Å². The number of benzene rings is 1. The zero-order valence-corrected chi connectivity index (χ0v) is 12.1. The minimum Gasteiger partial charge on any atom is -0.497 e. The van der Waals surface area contributed by atoms with Crippen molar-refractivity contribution in [1.29, 1.82) is 0 Å². The summed E-state index contributed by atoms with van der Waals surface area (Å²) in [6.45, 7) is 9.31. The van der Waals surface area contributed by atoms with E-state index in [2.05, 4.69) is 37.8 Å². The molecule has 1 unspecified atom stereocenters. The highest BCUT2D eigenvalue weighted by atomic mass is 16.5. The fourth-order valence-electron chi connectivity index (χ4n) is 2.52. The van der Waals surface area contributed by atoms with Crippen LogP contribution in [0.1, 0.15) is 26.3 Å². The van der Waals surface area contributed by atoms with Crippen LogP contribution >= 0.6 is 0 Å². The minimum absolute atomic E-state index is 0.00979. The molecule has 0 bridgehead atoms. The highest BCUT2D eigenvalue weighted by molar-refractivity contribution is 5.29. The van der Waals surface area contributed by atoms with E-state index in [4.69, 9.17) is 10.5 Å². The Morgan fingerprint density at radius 3 is 2.44 bits per heavy atom. The van der Waals surface area contributed by atoms with Gasteiger partial charge in [0.2, 0.25) is 0 Å². The molecule has 0 spiro atoms. The molecule has 1 rings (SSSR count). The van der Waals surface area contributed by atoms with Crippen LogP contribution in [0.25, 0.3) is 0 Å². The molecule has 0 aromatic heterocycles. The van der Waals surface area contributed by atoms with Gasteiger partial charge in [0, 0.05) is 12.1 Å². The van der Waals surface area contributed by atoms with Gasteiger partial charge in [-0.1, -0.05) is 26.0 Å². The Labute approximate surface area is 111 Å². The van der Waals surface area contributed by atoms with Crippen LogP contribution in [-0.2, 0) is 6.42 Å². The number of nitrogens with two attached hydrogens (primary N) is 1. The van der Waals surface area contributed by atoms with Crippen molar-refractivity contribution in [3.8, 4) is 5.75 Å². The normalized spacial score (nSPS) is 14.6. The molecule has 3 heteroatoms. The lowest BCUT2D eigenvalue weighted by Crippen LogP contribution is -2.53. The van der Waals surface area contributed by atoms with Crippen LogP contribution in [0.3, 0.4) is 0 Å². The molecule has 0 fully saturated rings. The van der Waals surface area contributed by atoms with Gasteiger partial charge in [0.25, 0.3) is 0 Å². The van der Waals surface area contributed by atoms with Gasteiger partial charge in [0.15, 0.2) is 0 Å². The van der Waals surface area contributed by atoms with Crippen LogP contribution in [0, 0.1) is 0 Å². The number of hydrogen-bond acceptors (Lipinski definition) is 3. The third-order valence-corrected chi connectivity index (χ3v) is 3.69. The summed E-state index contributed by atoms with van der Waals surface area (Å²) in [7, 11) is 1.70. The van der Waals surface area contributed by atoms with E-state index in [-0.39, 0.29) is 5.54 Å². The first-order valence-electron chi connectivity index (χ1n) is 6.67. The summed E-state index contributed by atoms with van der Waals surface area (Å²) >= 11 is 0. The molecule has 1 aromatic rings. The number of ether oxygens (including phenoxy) is 1. The third-order valence-electron chi connectivity index (χ3n) is 3.69. The van der Waals surface area contributed by atoms with Gasteiger partial charge in [0.05, 0.1) is 7.11 Å². The topological polar surface area (TPSA) is 38.5 Å². The molecule has 0 aliphatic rings. The number of hydrogen-bond donors (Lipinski definition) is 1. The van der Waals surface area contributed by atoms with Crippen molar-refractivity contribution in [2.75, 3.05) is 26.7 Å². The van der Waals surface area contributed by atoms with Crippen molar-refractivity contribution in [3.63, 3.8) is 0 Å². The van der Waals surface area contributed by atoms with Crippen molar-refractivity contribution >= 4 is 0 Å². The Morgan fingerprint density at radius 1 is 1.28 bits per heavy atom. The molecule has 1 atom stereocenters. The van der Waals surface area contributed by atoms with Crippen LogP contribution in [0.15, 0.2) is 24.3 Å². The van der Waals surface area contributed by atoms with Gasteiger partial charge in [-0.3, -0.25) is 4.90 Å². The summed E-state index contributed by atoms with van der Waals surface area (Å²) in [6, 6.07) is 8.24. The van der Waals surface area contributed by atoms with Crippen molar-refractivity contribution in [2.24, 2.45) is 5.73 Å². The Hall–Kier alpha value is -1.06. The molecule has 0 heterocycles. The van der Waals surface area contributed by atoms with Gasteiger partial charge in [-0.15, -0.1) is 0 Å². The molecule has 2 N–H and O–H groups in total. The van der Waals surface area contributed by atoms with E-state index in [0.29, 0.717) is 6.54 Å². The standard InChI is InChI=1S/C15H26N2O/c1-5-17(6-2)15(3,12-16)11-13-8-7-9-14(10-13)18-4/h7-10H,5-6,11-12,16H2,1-4H3. The lowest BCUT2D eigenvalue weighted by atomic mass is 9.90. The molecule has 1 aromatic carbocycles. The maximum absolute atomic E-state index is 6.00. The van der Waals surface area contributed by atoms with E-state index in [1.807, 2.05) is 12.1 Å². The summed E-state index contributed by atoms with van der Waals surface area (Å²) in [6.07, 6.45) is 0.947. The Morgan fingerprint density at radius 2 is 1.94 bits per heavy atom. The van der Waals surface area contributed by atoms with E-state index in [9.17, 15) is 0 Å². The maximum atomic E-state index is 6.00. The summed E-state index contributed by atoms with van der Waals surface area (Å²) in [5.74, 6) is 0.909. The molecule has 0 aliphatic carbocycles. The van der Waals surface area contributed by atoms with E-state index >= 15 is 0 Å². The van der Waals surface area contributed by atoms with Crippen LogP contribution in [0.5, 0.6) is 5.75 Å². The zero-order valence-electron chi connectivity index (χ0n) is 12.1. The molecule has 0 saturated heterocycles. The van der Waals surface area contributed by atoms with Gasteiger partial charge < -0.3 is 10.5 Å². The number of likely N-dealkylation sites (N-methyl/N-ethyl adjacent to an activating group) is 1. The van der Waals surface area contributed by atoms with Gasteiger partial charge in [-0.05, 0) is 44.1 Å². The van der Waals surface area contributed by atoms with Crippen molar-refractivity contribution in [1.82, 2.24) is 4.90 Å². The van der Waals surface area contributed by atoms with Gasteiger partial charge in [-0.2, -0.15) is 0 Å². The molecule has 0 amide bonds. The van der Waals surface area contributed by atoms with Crippen molar-refractivity contribution < 1.29 is 4.74 Å². The van der Waals surface area contributed by atoms with Crippen molar-refractivity contribution in [2.45, 2.75) is 32.7 Å². The summed E-state index contributed by atoms with van der Waals surface area (Å²) in [5.41, 5.74) is 7.29. The lowest BCUT2D eigenvalue weighted by Gasteiger charge is -2.39. The second-order valence-corrected chi connectivity index (χ2v) is 4.90. The predicted molar refractivity (Wildman–Crippen MR) is 77.1 cm³/mol. The van der Waals surface area contributed by atoms with Crippen LogP contribution in [0.2, 0.25) is 0 Å². The molecule has 3 nitrogen and oxygen atoms in total. The predicted octanol–water partition coefficient (Wildman–Crippen LogP) is 2.30. The number of methoxy groups -OCH3 is 1. The highest BCUT2D eigenvalue weighted by Crippen LogP contribution is 2.22. The van der Waals surface area contributed by atoms with E-state index in [1.165, 1.54) is 5.56 Å². The SMILES string of the molecule is CCN(CC)C(C)(CN)Cc1cccc(OC)c1. The first-order valence-corrected chi connectivity index (χ1v) is 6.67. The average Bonchev–Trinajstić information content (AvgIpc) is 2.40. The van der Waals surface area contributed by atoms with Crippen molar-refractivity contribution in [3.05, 3.63) is 29.8 Å². The van der Waals surface area contributed by atoms with Gasteiger partial charge in [0.1, 0.15) is 5.75 Å². The summed E-state index contributed by atoms with van der Waals surface area (Å²) in [4.78, 5) is 2.42. The fourth-order valence-corrected chi connectivity index (χ4v) is 2.52. The number of rotatable bonds is 7. The molecule has 18 heavy (non-hydrogen) atoms. The van der Waals surface area contributed by atoms with Crippen LogP contribution in [0.4, 0.5) is 0 Å². The van der Waals surface area contributed by atoms with Gasteiger partial charge >= 0.3 is 0 Å². The minimum atomic E-state index is 0.00979. The zero-order chi connectivity index (χ0) is 13.6. The average molecular weight is 250 g/mol. The second kappa shape index (κ2) is 6.76. The fraction of sp³-hybridized carbons (Fsp3) is 0.600. The highest BCUT2D eigenvalue weighted by Gasteiger charge is 2.28. The van der Waals surface area contributed by atoms with E-state index < -0.39 is 0 Å². The summed E-state index contributed by atoms with van der Waals surface area (Å²) in [5, 5.41) is 0. The Kier molecular flexibility index (Phi) is 5.63. The monoisotopic (exact) mass is 250 g/mol. The summed E-state index contributed by atoms with van der Waals surface area (Å²) < 4.78 is 5.27. The Balaban J connectivity index is 2.90. The largest absolute Gasteiger partial charge is 0.497 e. The second-order valence-electron chi connectivity index (χ2n) is 4.90. The molecule has 0 saturated carbocycles. The molecule has 0 aliphatic heterocycles. The Bertz CT molecular complexity index is 363. The lowest BCUT2D eigenvalue weighted by molar-refractivity contribution is 0.124. The maximum Gasteiger partial charge on any atom is 0.119 e. The first kappa shape index (κ1) is 15.0. The number of nitrogens with zero attached hydrogens (tertiary/aromatic N) is 1. The van der Waals surface area contributed by atoms with Crippen LogP contribution < -0.4 is 10.5 Å². The molecule has 102 valence electrons. The molecular weight excluding hydrogens is 224 g/mol. The first-order chi connectivity index (χ1) is 8.59. The smallest absolute Gasteiger partial charge is 0.119 e. The third kappa shape index (κ3) is 3.47. The van der Waals surface area contributed by atoms with Crippen LogP contribution in [-0.4, -0.2) is 37.2 Å². The van der Waals surface area contributed by atoms with E-state index in [1.54, 1.807) is 7.11 Å².